The van der Waals surface area contributed by atoms with Crippen molar-refractivity contribution in [1.29, 1.82) is 0 Å². The molecule has 2 saturated heterocycles. The van der Waals surface area contributed by atoms with Crippen molar-refractivity contribution < 1.29 is 14.3 Å². The van der Waals surface area contributed by atoms with E-state index in [1.165, 1.54) is 0 Å². The third-order valence-electron chi connectivity index (χ3n) is 4.28. The van der Waals surface area contributed by atoms with Crippen LogP contribution in [-0.2, 0) is 16.0 Å². The highest BCUT2D eigenvalue weighted by Gasteiger charge is 2.39. The average Bonchev–Trinajstić information content (AvgIpc) is 2.55. The molecule has 2 aliphatic rings. The van der Waals surface area contributed by atoms with Gasteiger partial charge in [-0.25, -0.2) is 4.79 Å². The Morgan fingerprint density at radius 1 is 1.22 bits per heavy atom. The molecule has 2 aliphatic heterocycles. The number of nitrogens with zero attached hydrogens (tertiary/aromatic N) is 1. The number of ether oxygens (including phenoxy) is 2. The van der Waals surface area contributed by atoms with E-state index >= 15 is 0 Å². The number of likely N-dealkylation sites (tertiary alicyclic amines) is 1. The highest BCUT2D eigenvalue weighted by molar-refractivity contribution is 6.35. The second kappa shape index (κ2) is 7.26. The second-order valence-corrected chi connectivity index (χ2v) is 6.69. The average molecular weight is 359 g/mol. The highest BCUT2D eigenvalue weighted by Crippen LogP contribution is 2.30. The maximum absolute atomic E-state index is 12.3. The number of halogens is 2. The van der Waals surface area contributed by atoms with Gasteiger partial charge in [-0.1, -0.05) is 29.3 Å². The first-order valence-electron chi connectivity index (χ1n) is 7.83. The van der Waals surface area contributed by atoms with Crippen molar-refractivity contribution in [2.24, 2.45) is 0 Å². The molecule has 2 fully saturated rings. The zero-order chi connectivity index (χ0) is 16.3. The highest BCUT2D eigenvalue weighted by atomic mass is 35.5. The quantitative estimate of drug-likeness (QED) is 0.880. The molecule has 7 heteroatoms. The number of hydrogen-bond donors (Lipinski definition) is 1. The lowest BCUT2D eigenvalue weighted by Crippen LogP contribution is -2.53. The number of nitrogens with one attached hydrogen (secondary N) is 1. The summed E-state index contributed by atoms with van der Waals surface area (Å²) in [5.41, 5.74) is 0.844. The van der Waals surface area contributed by atoms with Crippen LogP contribution in [0.1, 0.15) is 24.8 Å². The van der Waals surface area contributed by atoms with Crippen LogP contribution < -0.4 is 5.32 Å². The Hall–Kier alpha value is -1.01. The van der Waals surface area contributed by atoms with Crippen molar-refractivity contribution in [3.05, 3.63) is 33.8 Å². The third-order valence-corrected chi connectivity index (χ3v) is 4.86. The van der Waals surface area contributed by atoms with Gasteiger partial charge in [0.2, 0.25) is 0 Å². The van der Waals surface area contributed by atoms with E-state index in [-0.39, 0.29) is 6.03 Å². The third kappa shape index (κ3) is 4.10. The molecule has 0 saturated carbocycles. The van der Waals surface area contributed by atoms with Crippen molar-refractivity contribution in [3.8, 4) is 0 Å². The standard InChI is InChI=1S/C16H20Cl2N2O3/c17-13-3-2-12(14(18)10-13)11-19-15(21)20-6-4-16(5-7-20)22-8-1-9-23-16/h2-3,10H,1,4-9,11H2,(H,19,21). The van der Waals surface area contributed by atoms with Gasteiger partial charge in [-0.05, 0) is 24.1 Å². The van der Waals surface area contributed by atoms with Crippen molar-refractivity contribution in [2.45, 2.75) is 31.6 Å². The fraction of sp³-hybridized carbons (Fsp3) is 0.562. The van der Waals surface area contributed by atoms with Gasteiger partial charge in [0.25, 0.3) is 0 Å². The minimum Gasteiger partial charge on any atom is -0.350 e. The van der Waals surface area contributed by atoms with E-state index in [2.05, 4.69) is 5.32 Å². The van der Waals surface area contributed by atoms with Crippen LogP contribution in [0.2, 0.25) is 10.0 Å². The zero-order valence-electron chi connectivity index (χ0n) is 12.8. The normalized spacial score (nSPS) is 20.5. The van der Waals surface area contributed by atoms with Gasteiger partial charge in [0.05, 0.1) is 13.2 Å². The Labute approximate surface area is 145 Å². The number of amides is 2. The predicted molar refractivity (Wildman–Crippen MR) is 88.8 cm³/mol. The van der Waals surface area contributed by atoms with Gasteiger partial charge in [-0.3, -0.25) is 0 Å². The van der Waals surface area contributed by atoms with Crippen LogP contribution in [0, 0.1) is 0 Å². The van der Waals surface area contributed by atoms with Gasteiger partial charge >= 0.3 is 6.03 Å². The van der Waals surface area contributed by atoms with Gasteiger partial charge in [0.15, 0.2) is 5.79 Å². The monoisotopic (exact) mass is 358 g/mol. The number of hydrogen-bond acceptors (Lipinski definition) is 3. The van der Waals surface area contributed by atoms with Crippen LogP contribution >= 0.6 is 23.2 Å². The first-order valence-corrected chi connectivity index (χ1v) is 8.58. The number of benzene rings is 1. The first-order chi connectivity index (χ1) is 11.1. The van der Waals surface area contributed by atoms with E-state index in [4.69, 9.17) is 32.7 Å². The van der Waals surface area contributed by atoms with E-state index in [9.17, 15) is 4.79 Å². The van der Waals surface area contributed by atoms with E-state index in [1.54, 1.807) is 17.0 Å². The molecular weight excluding hydrogens is 339 g/mol. The molecule has 0 aromatic heterocycles. The molecule has 0 atom stereocenters. The van der Waals surface area contributed by atoms with Gasteiger partial charge < -0.3 is 19.7 Å². The maximum Gasteiger partial charge on any atom is 0.317 e. The zero-order valence-corrected chi connectivity index (χ0v) is 14.3. The molecule has 0 aliphatic carbocycles. The Balaban J connectivity index is 1.49. The van der Waals surface area contributed by atoms with Crippen molar-refractivity contribution in [2.75, 3.05) is 26.3 Å². The Bertz CT molecular complexity index is 566. The van der Waals surface area contributed by atoms with Crippen LogP contribution in [0.15, 0.2) is 18.2 Å². The van der Waals surface area contributed by atoms with E-state index in [1.807, 2.05) is 6.07 Å². The molecular formula is C16H20Cl2N2O3. The summed E-state index contributed by atoms with van der Waals surface area (Å²) in [7, 11) is 0. The topological polar surface area (TPSA) is 50.8 Å². The number of rotatable bonds is 2. The number of carbonyl (C=O) groups is 1. The van der Waals surface area contributed by atoms with Crippen molar-refractivity contribution in [3.63, 3.8) is 0 Å². The molecule has 2 heterocycles. The Morgan fingerprint density at radius 3 is 2.57 bits per heavy atom. The summed E-state index contributed by atoms with van der Waals surface area (Å²) < 4.78 is 11.6. The summed E-state index contributed by atoms with van der Waals surface area (Å²) in [5.74, 6) is -0.478. The SMILES string of the molecule is O=C(NCc1ccc(Cl)cc1Cl)N1CCC2(CC1)OCCCO2. The van der Waals surface area contributed by atoms with Crippen LogP contribution in [0.3, 0.4) is 0 Å². The molecule has 3 rings (SSSR count). The maximum atomic E-state index is 12.3. The summed E-state index contributed by atoms with van der Waals surface area (Å²) >= 11 is 12.0. The molecule has 1 spiro atoms. The number of urea groups is 1. The summed E-state index contributed by atoms with van der Waals surface area (Å²) in [4.78, 5) is 14.1. The van der Waals surface area contributed by atoms with Crippen molar-refractivity contribution >= 4 is 29.2 Å². The molecule has 23 heavy (non-hydrogen) atoms. The second-order valence-electron chi connectivity index (χ2n) is 5.84. The number of carbonyl (C=O) groups excluding carboxylic acids is 1. The lowest BCUT2D eigenvalue weighted by molar-refractivity contribution is -0.281. The van der Waals surface area contributed by atoms with Gasteiger partial charge in [-0.15, -0.1) is 0 Å². The Morgan fingerprint density at radius 2 is 1.91 bits per heavy atom. The van der Waals surface area contributed by atoms with Gasteiger partial charge in [0, 0.05) is 42.5 Å². The summed E-state index contributed by atoms with van der Waals surface area (Å²) in [5, 5.41) is 4.04. The lowest BCUT2D eigenvalue weighted by Gasteiger charge is -2.43. The minimum atomic E-state index is -0.478. The number of piperidine rings is 1. The summed E-state index contributed by atoms with van der Waals surface area (Å²) in [6.07, 6.45) is 2.36. The molecule has 1 aromatic carbocycles. The van der Waals surface area contributed by atoms with Gasteiger partial charge in [-0.2, -0.15) is 0 Å². The van der Waals surface area contributed by atoms with Gasteiger partial charge in [0.1, 0.15) is 0 Å². The lowest BCUT2D eigenvalue weighted by atomic mass is 10.0. The molecule has 0 unspecified atom stereocenters. The van der Waals surface area contributed by atoms with E-state index < -0.39 is 5.79 Å². The molecule has 2 amide bonds. The fourth-order valence-corrected chi connectivity index (χ4v) is 3.38. The molecule has 0 radical (unpaired) electrons. The van der Waals surface area contributed by atoms with Crippen LogP contribution in [0.25, 0.3) is 0 Å². The van der Waals surface area contributed by atoms with Crippen LogP contribution in [0.5, 0.6) is 0 Å². The molecule has 0 bridgehead atoms. The minimum absolute atomic E-state index is 0.0957. The smallest absolute Gasteiger partial charge is 0.317 e. The van der Waals surface area contributed by atoms with Crippen LogP contribution in [-0.4, -0.2) is 43.0 Å². The molecule has 126 valence electrons. The largest absolute Gasteiger partial charge is 0.350 e. The molecule has 1 aromatic rings. The predicted octanol–water partition coefficient (Wildman–Crippen LogP) is 3.43. The van der Waals surface area contributed by atoms with Crippen molar-refractivity contribution in [1.82, 2.24) is 10.2 Å². The fourth-order valence-electron chi connectivity index (χ4n) is 2.90. The molecule has 1 N–H and O–H groups in total. The first kappa shape index (κ1) is 16.8. The van der Waals surface area contributed by atoms with Crippen LogP contribution in [0.4, 0.5) is 4.79 Å². The van der Waals surface area contributed by atoms with E-state index in [0.717, 1.165) is 25.2 Å². The Kier molecular flexibility index (Phi) is 5.31. The summed E-state index contributed by atoms with van der Waals surface area (Å²) in [6.45, 7) is 3.10. The van der Waals surface area contributed by atoms with E-state index in [0.29, 0.717) is 42.5 Å². The molecule has 5 nitrogen and oxygen atoms in total. The summed E-state index contributed by atoms with van der Waals surface area (Å²) in [6, 6.07) is 5.16.